The Hall–Kier alpha value is -3.20. The van der Waals surface area contributed by atoms with Crippen molar-refractivity contribution in [2.24, 2.45) is 0 Å². The number of hydrogen-bond acceptors (Lipinski definition) is 7. The van der Waals surface area contributed by atoms with E-state index in [0.29, 0.717) is 30.2 Å². The second-order valence-electron chi connectivity index (χ2n) is 5.44. The van der Waals surface area contributed by atoms with Gasteiger partial charge in [0.05, 0.1) is 24.2 Å². The summed E-state index contributed by atoms with van der Waals surface area (Å²) in [7, 11) is 2.94. The summed E-state index contributed by atoms with van der Waals surface area (Å²) >= 11 is 0. The molecule has 0 heterocycles. The molecule has 0 unspecified atom stereocenters. The third-order valence-electron chi connectivity index (χ3n) is 3.66. The molecule has 1 N–H and O–H groups in total. The first-order valence-electron chi connectivity index (χ1n) is 7.97. The number of carbonyl (C=O) groups is 1. The maximum Gasteiger partial charge on any atom is 0.340 e. The molecular weight excluding hydrogens is 359 g/mol. The van der Waals surface area contributed by atoms with E-state index >= 15 is 0 Å². The SMILES string of the molecule is COCCNc1ccc([N+](=O)[O-])cc1C(=O)OCc1cc(F)ccc1OC. The molecule has 27 heavy (non-hydrogen) atoms. The highest BCUT2D eigenvalue weighted by molar-refractivity contribution is 5.96. The van der Waals surface area contributed by atoms with Gasteiger partial charge >= 0.3 is 5.97 Å². The van der Waals surface area contributed by atoms with E-state index in [0.717, 1.165) is 6.07 Å². The van der Waals surface area contributed by atoms with Crippen molar-refractivity contribution in [3.8, 4) is 5.75 Å². The molecule has 2 aromatic rings. The number of halogens is 1. The summed E-state index contributed by atoms with van der Waals surface area (Å²) in [5.74, 6) is -0.925. The van der Waals surface area contributed by atoms with E-state index in [9.17, 15) is 19.3 Å². The minimum Gasteiger partial charge on any atom is -0.496 e. The van der Waals surface area contributed by atoms with Gasteiger partial charge in [-0.2, -0.15) is 0 Å². The smallest absolute Gasteiger partial charge is 0.340 e. The van der Waals surface area contributed by atoms with E-state index in [1.54, 1.807) is 0 Å². The monoisotopic (exact) mass is 378 g/mol. The number of non-ortho nitro benzene ring substituents is 1. The highest BCUT2D eigenvalue weighted by atomic mass is 19.1. The number of carbonyl (C=O) groups excluding carboxylic acids is 1. The number of esters is 1. The number of benzene rings is 2. The molecule has 0 atom stereocenters. The van der Waals surface area contributed by atoms with E-state index < -0.39 is 16.7 Å². The number of nitro groups is 1. The summed E-state index contributed by atoms with van der Waals surface area (Å²) in [6.07, 6.45) is 0. The second kappa shape index (κ2) is 9.48. The van der Waals surface area contributed by atoms with Crippen LogP contribution < -0.4 is 10.1 Å². The first-order valence-corrected chi connectivity index (χ1v) is 7.97. The third kappa shape index (κ3) is 5.38. The average molecular weight is 378 g/mol. The molecule has 0 aromatic heterocycles. The van der Waals surface area contributed by atoms with Gasteiger partial charge in [0.1, 0.15) is 18.2 Å². The van der Waals surface area contributed by atoms with E-state index in [-0.39, 0.29) is 17.9 Å². The number of ether oxygens (including phenoxy) is 3. The standard InChI is InChI=1S/C18H19FN2O6/c1-25-8-7-20-16-5-4-14(21(23)24)10-15(16)18(22)27-11-12-9-13(19)3-6-17(12)26-2/h3-6,9-10,20H,7-8,11H2,1-2H3. The van der Waals surface area contributed by atoms with Crippen molar-refractivity contribution in [2.45, 2.75) is 6.61 Å². The van der Waals surface area contributed by atoms with Gasteiger partial charge in [0.25, 0.3) is 5.69 Å². The van der Waals surface area contributed by atoms with Gasteiger partial charge in [-0.15, -0.1) is 0 Å². The maximum atomic E-state index is 13.4. The van der Waals surface area contributed by atoms with Crippen molar-refractivity contribution in [3.63, 3.8) is 0 Å². The van der Waals surface area contributed by atoms with E-state index in [4.69, 9.17) is 14.2 Å². The summed E-state index contributed by atoms with van der Waals surface area (Å²) in [6.45, 7) is 0.526. The van der Waals surface area contributed by atoms with Crippen LogP contribution in [0, 0.1) is 15.9 Å². The van der Waals surface area contributed by atoms with Gasteiger partial charge in [0.2, 0.25) is 0 Å². The summed E-state index contributed by atoms with van der Waals surface area (Å²) < 4.78 is 28.7. The number of nitrogens with one attached hydrogen (secondary N) is 1. The fourth-order valence-electron chi connectivity index (χ4n) is 2.34. The summed E-state index contributed by atoms with van der Waals surface area (Å²) in [4.78, 5) is 22.9. The molecule has 8 nitrogen and oxygen atoms in total. The van der Waals surface area contributed by atoms with Gasteiger partial charge in [0, 0.05) is 37.0 Å². The fraction of sp³-hybridized carbons (Fsp3) is 0.278. The zero-order chi connectivity index (χ0) is 19.8. The molecule has 2 rings (SSSR count). The average Bonchev–Trinajstić information content (AvgIpc) is 2.66. The Balaban J connectivity index is 2.21. The van der Waals surface area contributed by atoms with Crippen LogP contribution in [0.4, 0.5) is 15.8 Å². The van der Waals surface area contributed by atoms with Gasteiger partial charge < -0.3 is 19.5 Å². The molecule has 0 saturated carbocycles. The lowest BCUT2D eigenvalue weighted by Crippen LogP contribution is -2.13. The van der Waals surface area contributed by atoms with E-state index in [1.165, 1.54) is 44.6 Å². The number of methoxy groups -OCH3 is 2. The molecule has 0 saturated heterocycles. The predicted octanol–water partition coefficient (Wildman–Crippen LogP) is 3.16. The van der Waals surface area contributed by atoms with Crippen LogP contribution in [-0.4, -0.2) is 38.3 Å². The van der Waals surface area contributed by atoms with Crippen LogP contribution in [0.5, 0.6) is 5.75 Å². The van der Waals surface area contributed by atoms with Gasteiger partial charge in [-0.25, -0.2) is 9.18 Å². The van der Waals surface area contributed by atoms with Crippen molar-refractivity contribution in [3.05, 3.63) is 63.5 Å². The van der Waals surface area contributed by atoms with Gasteiger partial charge in [-0.1, -0.05) is 0 Å². The summed E-state index contributed by atoms with van der Waals surface area (Å²) in [6, 6.07) is 7.67. The fourth-order valence-corrected chi connectivity index (χ4v) is 2.34. The number of rotatable bonds is 9. The third-order valence-corrected chi connectivity index (χ3v) is 3.66. The molecule has 0 amide bonds. The molecule has 0 spiro atoms. The Morgan fingerprint density at radius 3 is 2.67 bits per heavy atom. The molecule has 2 aromatic carbocycles. The van der Waals surface area contributed by atoms with Gasteiger partial charge in [0.15, 0.2) is 0 Å². The highest BCUT2D eigenvalue weighted by Crippen LogP contribution is 2.25. The Morgan fingerprint density at radius 2 is 2.00 bits per heavy atom. The van der Waals surface area contributed by atoms with Crippen molar-refractivity contribution < 1.29 is 28.3 Å². The van der Waals surface area contributed by atoms with Crippen molar-refractivity contribution in [1.29, 1.82) is 0 Å². The topological polar surface area (TPSA) is 99.9 Å². The Bertz CT molecular complexity index is 827. The van der Waals surface area contributed by atoms with Crippen LogP contribution in [-0.2, 0) is 16.1 Å². The first-order chi connectivity index (χ1) is 13.0. The zero-order valence-electron chi connectivity index (χ0n) is 14.9. The molecule has 0 aliphatic rings. The predicted molar refractivity (Wildman–Crippen MR) is 95.5 cm³/mol. The number of nitrogens with zero attached hydrogens (tertiary/aromatic N) is 1. The number of anilines is 1. The van der Waals surface area contributed by atoms with Crippen molar-refractivity contribution >= 4 is 17.3 Å². The molecule has 144 valence electrons. The molecule has 0 aliphatic carbocycles. The Kier molecular flexibility index (Phi) is 7.07. The van der Waals surface area contributed by atoms with Crippen LogP contribution in [0.1, 0.15) is 15.9 Å². The molecule has 0 radical (unpaired) electrons. The van der Waals surface area contributed by atoms with Crippen LogP contribution in [0.3, 0.4) is 0 Å². The lowest BCUT2D eigenvalue weighted by Gasteiger charge is -2.13. The van der Waals surface area contributed by atoms with Crippen LogP contribution in [0.25, 0.3) is 0 Å². The molecule has 0 fully saturated rings. The maximum absolute atomic E-state index is 13.4. The summed E-state index contributed by atoms with van der Waals surface area (Å²) in [5.41, 5.74) is 0.456. The zero-order valence-corrected chi connectivity index (χ0v) is 14.9. The first kappa shape index (κ1) is 20.1. The van der Waals surface area contributed by atoms with Crippen LogP contribution in [0.15, 0.2) is 36.4 Å². The molecule has 0 aliphatic heterocycles. The number of nitro benzene ring substituents is 1. The van der Waals surface area contributed by atoms with Crippen molar-refractivity contribution in [1.82, 2.24) is 0 Å². The van der Waals surface area contributed by atoms with Crippen LogP contribution in [0.2, 0.25) is 0 Å². The lowest BCUT2D eigenvalue weighted by atomic mass is 10.1. The lowest BCUT2D eigenvalue weighted by molar-refractivity contribution is -0.384. The minimum atomic E-state index is -0.787. The summed E-state index contributed by atoms with van der Waals surface area (Å²) in [5, 5.41) is 14.0. The molecular formula is C18H19FN2O6. The van der Waals surface area contributed by atoms with Gasteiger partial charge in [-0.3, -0.25) is 10.1 Å². The van der Waals surface area contributed by atoms with E-state index in [1.807, 2.05) is 0 Å². The molecule has 0 bridgehead atoms. The normalized spacial score (nSPS) is 10.3. The molecule has 9 heteroatoms. The Morgan fingerprint density at radius 1 is 1.22 bits per heavy atom. The Labute approximate surface area is 155 Å². The van der Waals surface area contributed by atoms with Gasteiger partial charge in [-0.05, 0) is 24.3 Å². The van der Waals surface area contributed by atoms with E-state index in [2.05, 4.69) is 5.32 Å². The van der Waals surface area contributed by atoms with Crippen LogP contribution >= 0.6 is 0 Å². The highest BCUT2D eigenvalue weighted by Gasteiger charge is 2.19. The minimum absolute atomic E-state index is 0.00401. The quantitative estimate of drug-likeness (QED) is 0.310. The van der Waals surface area contributed by atoms with Crippen molar-refractivity contribution in [2.75, 3.05) is 32.7 Å². The largest absolute Gasteiger partial charge is 0.496 e. The number of hydrogen-bond donors (Lipinski definition) is 1. The second-order valence-corrected chi connectivity index (χ2v) is 5.44.